The molecule has 3 heteroatoms. The fourth-order valence-corrected chi connectivity index (χ4v) is 3.12. The largest absolute Gasteiger partial charge is 0.496 e. The van der Waals surface area contributed by atoms with E-state index in [0.717, 1.165) is 12.3 Å². The minimum Gasteiger partial charge on any atom is -0.496 e. The zero-order valence-corrected chi connectivity index (χ0v) is 12.6. The number of nitrogens with zero attached hydrogens (tertiary/aromatic N) is 1. The van der Waals surface area contributed by atoms with Gasteiger partial charge in [0.05, 0.1) is 7.11 Å². The van der Waals surface area contributed by atoms with Gasteiger partial charge < -0.3 is 15.0 Å². The standard InChI is InChI=1S/C16H26N2O/c1-12-11-13(8-9-15(12)19-4)16(18(2)3)14-7-5-6-10-17-14/h8-9,11,14,16-17H,5-7,10H2,1-4H3. The lowest BCUT2D eigenvalue weighted by Gasteiger charge is -2.36. The summed E-state index contributed by atoms with van der Waals surface area (Å²) >= 11 is 0. The fourth-order valence-electron chi connectivity index (χ4n) is 3.12. The fraction of sp³-hybridized carbons (Fsp3) is 0.625. The van der Waals surface area contributed by atoms with Crippen molar-refractivity contribution in [3.63, 3.8) is 0 Å². The molecule has 1 saturated heterocycles. The quantitative estimate of drug-likeness (QED) is 0.903. The second-order valence-electron chi connectivity index (χ2n) is 5.69. The summed E-state index contributed by atoms with van der Waals surface area (Å²) in [6.45, 7) is 3.26. The zero-order valence-electron chi connectivity index (χ0n) is 12.6. The van der Waals surface area contributed by atoms with E-state index in [1.165, 1.54) is 30.4 Å². The Balaban J connectivity index is 2.25. The second-order valence-corrected chi connectivity index (χ2v) is 5.69. The Morgan fingerprint density at radius 3 is 2.63 bits per heavy atom. The van der Waals surface area contributed by atoms with Crippen LogP contribution in [0.25, 0.3) is 0 Å². The van der Waals surface area contributed by atoms with Crippen LogP contribution in [0.5, 0.6) is 5.75 Å². The van der Waals surface area contributed by atoms with Crippen molar-refractivity contribution < 1.29 is 4.74 Å². The number of piperidine rings is 1. The Hall–Kier alpha value is -1.06. The average Bonchev–Trinajstić information content (AvgIpc) is 2.40. The average molecular weight is 262 g/mol. The number of nitrogens with one attached hydrogen (secondary N) is 1. The van der Waals surface area contributed by atoms with Gasteiger partial charge in [-0.05, 0) is 57.6 Å². The highest BCUT2D eigenvalue weighted by Gasteiger charge is 2.26. The van der Waals surface area contributed by atoms with E-state index in [4.69, 9.17) is 4.74 Å². The molecule has 106 valence electrons. The molecule has 0 radical (unpaired) electrons. The van der Waals surface area contributed by atoms with E-state index in [0.29, 0.717) is 12.1 Å². The van der Waals surface area contributed by atoms with Crippen LogP contribution in [-0.2, 0) is 0 Å². The number of likely N-dealkylation sites (N-methyl/N-ethyl adjacent to an activating group) is 1. The van der Waals surface area contributed by atoms with E-state index < -0.39 is 0 Å². The summed E-state index contributed by atoms with van der Waals surface area (Å²) in [7, 11) is 6.06. The molecule has 1 aromatic rings. The highest BCUT2D eigenvalue weighted by atomic mass is 16.5. The zero-order chi connectivity index (χ0) is 13.8. The molecule has 1 N–H and O–H groups in total. The Kier molecular flexibility index (Phi) is 4.83. The molecule has 1 aromatic carbocycles. The van der Waals surface area contributed by atoms with Crippen LogP contribution in [0.1, 0.15) is 36.4 Å². The number of methoxy groups -OCH3 is 1. The van der Waals surface area contributed by atoms with E-state index in [2.05, 4.69) is 49.4 Å². The second kappa shape index (κ2) is 6.40. The Morgan fingerprint density at radius 2 is 2.11 bits per heavy atom. The maximum absolute atomic E-state index is 5.36. The van der Waals surface area contributed by atoms with Crippen molar-refractivity contribution in [3.8, 4) is 5.75 Å². The van der Waals surface area contributed by atoms with Crippen LogP contribution >= 0.6 is 0 Å². The number of aryl methyl sites for hydroxylation is 1. The van der Waals surface area contributed by atoms with Crippen molar-refractivity contribution in [1.82, 2.24) is 10.2 Å². The van der Waals surface area contributed by atoms with Gasteiger partial charge in [-0.3, -0.25) is 0 Å². The molecule has 0 saturated carbocycles. The van der Waals surface area contributed by atoms with E-state index in [1.54, 1.807) is 7.11 Å². The molecular weight excluding hydrogens is 236 g/mol. The number of hydrogen-bond donors (Lipinski definition) is 1. The first-order chi connectivity index (χ1) is 9.13. The van der Waals surface area contributed by atoms with Crippen LogP contribution in [0, 0.1) is 6.92 Å². The van der Waals surface area contributed by atoms with Crippen molar-refractivity contribution >= 4 is 0 Å². The molecular formula is C16H26N2O. The molecule has 1 aliphatic rings. The summed E-state index contributed by atoms with van der Waals surface area (Å²) in [6, 6.07) is 7.54. The van der Waals surface area contributed by atoms with Gasteiger partial charge in [0.1, 0.15) is 5.75 Å². The summed E-state index contributed by atoms with van der Waals surface area (Å²) in [4.78, 5) is 2.32. The normalized spacial score (nSPS) is 21.4. The first-order valence-corrected chi connectivity index (χ1v) is 7.18. The number of hydrogen-bond acceptors (Lipinski definition) is 3. The third kappa shape index (κ3) is 3.28. The predicted octanol–water partition coefficient (Wildman–Crippen LogP) is 2.75. The molecule has 0 spiro atoms. The molecule has 0 amide bonds. The molecule has 19 heavy (non-hydrogen) atoms. The van der Waals surface area contributed by atoms with Crippen LogP contribution in [0.3, 0.4) is 0 Å². The van der Waals surface area contributed by atoms with Crippen molar-refractivity contribution in [2.45, 2.75) is 38.3 Å². The minimum atomic E-state index is 0.435. The van der Waals surface area contributed by atoms with Gasteiger partial charge in [-0.25, -0.2) is 0 Å². The van der Waals surface area contributed by atoms with Gasteiger partial charge in [-0.2, -0.15) is 0 Å². The SMILES string of the molecule is COc1ccc(C(C2CCCCN2)N(C)C)cc1C. The van der Waals surface area contributed by atoms with Crippen LogP contribution < -0.4 is 10.1 Å². The molecule has 1 heterocycles. The van der Waals surface area contributed by atoms with E-state index in [9.17, 15) is 0 Å². The minimum absolute atomic E-state index is 0.435. The van der Waals surface area contributed by atoms with Gasteiger partial charge >= 0.3 is 0 Å². The van der Waals surface area contributed by atoms with Crippen molar-refractivity contribution in [2.75, 3.05) is 27.7 Å². The van der Waals surface area contributed by atoms with Gasteiger partial charge in [0.2, 0.25) is 0 Å². The maximum Gasteiger partial charge on any atom is 0.121 e. The Morgan fingerprint density at radius 1 is 1.32 bits per heavy atom. The smallest absolute Gasteiger partial charge is 0.121 e. The summed E-state index contributed by atoms with van der Waals surface area (Å²) in [6.07, 6.45) is 3.89. The number of ether oxygens (including phenoxy) is 1. The Labute approximate surface area is 116 Å². The summed E-state index contributed by atoms with van der Waals surface area (Å²) in [5, 5.41) is 3.67. The van der Waals surface area contributed by atoms with Crippen LogP contribution in [0.15, 0.2) is 18.2 Å². The molecule has 0 bridgehead atoms. The highest BCUT2D eigenvalue weighted by Crippen LogP contribution is 2.30. The third-order valence-electron chi connectivity index (χ3n) is 4.05. The number of rotatable bonds is 4. The number of benzene rings is 1. The first-order valence-electron chi connectivity index (χ1n) is 7.18. The maximum atomic E-state index is 5.36. The van der Waals surface area contributed by atoms with Crippen molar-refractivity contribution in [2.24, 2.45) is 0 Å². The third-order valence-corrected chi connectivity index (χ3v) is 4.05. The van der Waals surface area contributed by atoms with E-state index >= 15 is 0 Å². The predicted molar refractivity (Wildman–Crippen MR) is 79.8 cm³/mol. The molecule has 1 aliphatic heterocycles. The molecule has 3 nitrogen and oxygen atoms in total. The van der Waals surface area contributed by atoms with E-state index in [-0.39, 0.29) is 0 Å². The lowest BCUT2D eigenvalue weighted by Crippen LogP contribution is -2.44. The van der Waals surface area contributed by atoms with E-state index in [1.807, 2.05) is 0 Å². The lowest BCUT2D eigenvalue weighted by atomic mass is 9.91. The van der Waals surface area contributed by atoms with Crippen LogP contribution in [-0.4, -0.2) is 38.7 Å². The summed E-state index contributed by atoms with van der Waals surface area (Å²) in [5.41, 5.74) is 2.59. The van der Waals surface area contributed by atoms with Gasteiger partial charge in [0.15, 0.2) is 0 Å². The summed E-state index contributed by atoms with van der Waals surface area (Å²) < 4.78 is 5.36. The molecule has 1 fully saturated rings. The molecule has 0 aromatic heterocycles. The van der Waals surface area contributed by atoms with Gasteiger partial charge in [0.25, 0.3) is 0 Å². The van der Waals surface area contributed by atoms with Gasteiger partial charge in [-0.1, -0.05) is 18.6 Å². The van der Waals surface area contributed by atoms with Crippen molar-refractivity contribution in [1.29, 1.82) is 0 Å². The Bertz CT molecular complexity index is 411. The van der Waals surface area contributed by atoms with Crippen LogP contribution in [0.4, 0.5) is 0 Å². The molecule has 2 unspecified atom stereocenters. The molecule has 2 atom stereocenters. The van der Waals surface area contributed by atoms with Gasteiger partial charge in [-0.15, -0.1) is 0 Å². The molecule has 2 rings (SSSR count). The monoisotopic (exact) mass is 262 g/mol. The molecule has 0 aliphatic carbocycles. The topological polar surface area (TPSA) is 24.5 Å². The van der Waals surface area contributed by atoms with Crippen molar-refractivity contribution in [3.05, 3.63) is 29.3 Å². The van der Waals surface area contributed by atoms with Gasteiger partial charge in [0, 0.05) is 12.1 Å². The highest BCUT2D eigenvalue weighted by molar-refractivity contribution is 5.38. The van der Waals surface area contributed by atoms with Crippen LogP contribution in [0.2, 0.25) is 0 Å². The summed E-state index contributed by atoms with van der Waals surface area (Å²) in [5.74, 6) is 0.970. The first kappa shape index (κ1) is 14.4. The lowest BCUT2D eigenvalue weighted by molar-refractivity contribution is 0.205.